The molecule has 1 aromatic rings. The van der Waals surface area contributed by atoms with Gasteiger partial charge in [-0.1, -0.05) is 11.6 Å². The predicted octanol–water partition coefficient (Wildman–Crippen LogP) is 1.65. The van der Waals surface area contributed by atoms with Gasteiger partial charge >= 0.3 is 0 Å². The molecule has 0 bridgehead atoms. The minimum absolute atomic E-state index is 0.0885. The van der Waals surface area contributed by atoms with Crippen LogP contribution in [-0.4, -0.2) is 5.91 Å². The molecular weight excluding hydrogens is 200 g/mol. The Bertz CT molecular complexity index is 354. The molecule has 0 spiro atoms. The first-order valence-corrected chi connectivity index (χ1v) is 3.80. The molecule has 1 rings (SSSR count). The lowest BCUT2D eigenvalue weighted by molar-refractivity contribution is -0.117. The summed E-state index contributed by atoms with van der Waals surface area (Å²) >= 11 is 5.29. The third-order valence-electron chi connectivity index (χ3n) is 1.45. The number of benzene rings is 1. The van der Waals surface area contributed by atoms with E-state index in [0.717, 1.165) is 12.1 Å². The summed E-state index contributed by atoms with van der Waals surface area (Å²) < 4.78 is 25.7. The lowest BCUT2D eigenvalue weighted by atomic mass is 10.1. The number of carbonyl (C=O) groups excluding carboxylic acids is 1. The zero-order valence-electron chi connectivity index (χ0n) is 6.48. The van der Waals surface area contributed by atoms with Gasteiger partial charge < -0.3 is 5.73 Å². The van der Waals surface area contributed by atoms with Gasteiger partial charge in [0.15, 0.2) is 0 Å². The van der Waals surface area contributed by atoms with Crippen LogP contribution in [0, 0.1) is 11.6 Å². The Kier molecular flexibility index (Phi) is 2.83. The first-order valence-electron chi connectivity index (χ1n) is 3.42. The number of nitrogens with two attached hydrogens (primary N) is 1. The lowest BCUT2D eigenvalue weighted by Gasteiger charge is -2.01. The van der Waals surface area contributed by atoms with Crippen molar-refractivity contribution < 1.29 is 13.6 Å². The van der Waals surface area contributed by atoms with Crippen molar-refractivity contribution in [2.24, 2.45) is 5.73 Å². The molecule has 0 saturated carbocycles. The van der Waals surface area contributed by atoms with Crippen LogP contribution in [0.15, 0.2) is 12.1 Å². The van der Waals surface area contributed by atoms with Crippen LogP contribution in [0.2, 0.25) is 5.02 Å². The van der Waals surface area contributed by atoms with Crippen LogP contribution in [0.3, 0.4) is 0 Å². The standard InChI is InChI=1S/C8H6ClF2NO/c9-5-3-6(10)4(1-7(5)11)2-8(12)13/h1,3H,2H2,(H2,12,13). The van der Waals surface area contributed by atoms with Gasteiger partial charge in [0.05, 0.1) is 11.4 Å². The van der Waals surface area contributed by atoms with Crippen molar-refractivity contribution in [2.75, 3.05) is 0 Å². The van der Waals surface area contributed by atoms with Gasteiger partial charge in [-0.05, 0) is 12.1 Å². The molecule has 5 heteroatoms. The summed E-state index contributed by atoms with van der Waals surface area (Å²) in [6, 6.07) is 1.68. The van der Waals surface area contributed by atoms with E-state index in [1.54, 1.807) is 0 Å². The summed E-state index contributed by atoms with van der Waals surface area (Å²) in [7, 11) is 0. The summed E-state index contributed by atoms with van der Waals surface area (Å²) in [6.07, 6.45) is -0.333. The number of hydrogen-bond donors (Lipinski definition) is 1. The first kappa shape index (κ1) is 9.92. The normalized spacial score (nSPS) is 10.1. The Balaban J connectivity index is 3.08. The Morgan fingerprint density at radius 1 is 1.38 bits per heavy atom. The molecular formula is C8H6ClF2NO. The molecule has 0 radical (unpaired) electrons. The number of halogens is 3. The van der Waals surface area contributed by atoms with E-state index in [1.165, 1.54) is 0 Å². The SMILES string of the molecule is NC(=O)Cc1cc(F)c(Cl)cc1F. The maximum atomic E-state index is 12.9. The second-order valence-corrected chi connectivity index (χ2v) is 2.91. The van der Waals surface area contributed by atoms with Crippen molar-refractivity contribution in [1.82, 2.24) is 0 Å². The third-order valence-corrected chi connectivity index (χ3v) is 1.74. The molecule has 70 valence electrons. The molecule has 1 amide bonds. The van der Waals surface area contributed by atoms with Crippen molar-refractivity contribution >= 4 is 17.5 Å². The Hall–Kier alpha value is -1.16. The third kappa shape index (κ3) is 2.39. The van der Waals surface area contributed by atoms with Gasteiger partial charge in [-0.2, -0.15) is 0 Å². The molecule has 0 fully saturated rings. The summed E-state index contributed by atoms with van der Waals surface area (Å²) in [5.41, 5.74) is 4.73. The van der Waals surface area contributed by atoms with Gasteiger partial charge in [-0.15, -0.1) is 0 Å². The Morgan fingerprint density at radius 2 is 2.00 bits per heavy atom. The minimum Gasteiger partial charge on any atom is -0.369 e. The molecule has 0 heterocycles. The fraction of sp³-hybridized carbons (Fsp3) is 0.125. The Morgan fingerprint density at radius 3 is 2.54 bits per heavy atom. The molecule has 1 aromatic carbocycles. The van der Waals surface area contributed by atoms with E-state index in [2.05, 4.69) is 0 Å². The van der Waals surface area contributed by atoms with Gasteiger partial charge in [0.1, 0.15) is 11.6 Å². The summed E-state index contributed by atoms with van der Waals surface area (Å²) in [5.74, 6) is -2.22. The predicted molar refractivity (Wildman–Crippen MR) is 44.3 cm³/mol. The summed E-state index contributed by atoms with van der Waals surface area (Å²) in [6.45, 7) is 0. The number of rotatable bonds is 2. The first-order chi connectivity index (χ1) is 6.00. The molecule has 2 nitrogen and oxygen atoms in total. The quantitative estimate of drug-likeness (QED) is 0.733. The van der Waals surface area contributed by atoms with Gasteiger partial charge in [0.25, 0.3) is 0 Å². The van der Waals surface area contributed by atoms with Crippen molar-refractivity contribution in [3.05, 3.63) is 34.4 Å². The number of primary amides is 1. The molecule has 0 atom stereocenters. The van der Waals surface area contributed by atoms with Crippen molar-refractivity contribution in [2.45, 2.75) is 6.42 Å². The van der Waals surface area contributed by atoms with Crippen LogP contribution in [-0.2, 0) is 11.2 Å². The van der Waals surface area contributed by atoms with E-state index in [-0.39, 0.29) is 17.0 Å². The molecule has 2 N–H and O–H groups in total. The molecule has 13 heavy (non-hydrogen) atoms. The van der Waals surface area contributed by atoms with Crippen LogP contribution in [0.4, 0.5) is 8.78 Å². The highest BCUT2D eigenvalue weighted by molar-refractivity contribution is 6.30. The maximum absolute atomic E-state index is 12.9. The van der Waals surface area contributed by atoms with Crippen LogP contribution < -0.4 is 5.73 Å². The van der Waals surface area contributed by atoms with E-state index in [0.29, 0.717) is 0 Å². The smallest absolute Gasteiger partial charge is 0.221 e. The van der Waals surface area contributed by atoms with E-state index < -0.39 is 17.5 Å². The van der Waals surface area contributed by atoms with E-state index in [9.17, 15) is 13.6 Å². The zero-order valence-corrected chi connectivity index (χ0v) is 7.24. The Labute approximate surface area is 78.3 Å². The van der Waals surface area contributed by atoms with Crippen LogP contribution in [0.1, 0.15) is 5.56 Å². The second kappa shape index (κ2) is 3.70. The maximum Gasteiger partial charge on any atom is 0.221 e. The average Bonchev–Trinajstić information content (AvgIpc) is 1.99. The van der Waals surface area contributed by atoms with Gasteiger partial charge in [0.2, 0.25) is 5.91 Å². The van der Waals surface area contributed by atoms with Gasteiger partial charge in [0, 0.05) is 5.56 Å². The minimum atomic E-state index is -0.765. The highest BCUT2D eigenvalue weighted by Crippen LogP contribution is 2.19. The number of hydrogen-bond acceptors (Lipinski definition) is 1. The fourth-order valence-corrected chi connectivity index (χ4v) is 1.04. The number of amides is 1. The van der Waals surface area contributed by atoms with Crippen LogP contribution >= 0.6 is 11.6 Å². The summed E-state index contributed by atoms with van der Waals surface area (Å²) in [5, 5.41) is -0.314. The van der Waals surface area contributed by atoms with Gasteiger partial charge in [-0.25, -0.2) is 8.78 Å². The highest BCUT2D eigenvalue weighted by atomic mass is 35.5. The van der Waals surface area contributed by atoms with E-state index in [1.807, 2.05) is 0 Å². The van der Waals surface area contributed by atoms with E-state index >= 15 is 0 Å². The molecule has 0 saturated heterocycles. The zero-order chi connectivity index (χ0) is 10.0. The van der Waals surface area contributed by atoms with Crippen LogP contribution in [0.25, 0.3) is 0 Å². The monoisotopic (exact) mass is 205 g/mol. The largest absolute Gasteiger partial charge is 0.369 e. The van der Waals surface area contributed by atoms with Crippen molar-refractivity contribution in [1.29, 1.82) is 0 Å². The molecule has 0 aliphatic heterocycles. The van der Waals surface area contributed by atoms with Crippen molar-refractivity contribution in [3.63, 3.8) is 0 Å². The van der Waals surface area contributed by atoms with Gasteiger partial charge in [-0.3, -0.25) is 4.79 Å². The molecule has 0 aliphatic rings. The highest BCUT2D eigenvalue weighted by Gasteiger charge is 2.09. The lowest BCUT2D eigenvalue weighted by Crippen LogP contribution is -2.14. The molecule has 0 unspecified atom stereocenters. The fourth-order valence-electron chi connectivity index (χ4n) is 0.887. The molecule has 0 aliphatic carbocycles. The second-order valence-electron chi connectivity index (χ2n) is 2.50. The van der Waals surface area contributed by atoms with Crippen LogP contribution in [0.5, 0.6) is 0 Å². The topological polar surface area (TPSA) is 43.1 Å². The summed E-state index contributed by atoms with van der Waals surface area (Å²) in [4.78, 5) is 10.4. The average molecular weight is 206 g/mol. The molecule has 0 aromatic heterocycles. The number of carbonyl (C=O) groups is 1. The van der Waals surface area contributed by atoms with Crippen molar-refractivity contribution in [3.8, 4) is 0 Å². The van der Waals surface area contributed by atoms with E-state index in [4.69, 9.17) is 17.3 Å².